The quantitative estimate of drug-likeness (QED) is 0.347. The van der Waals surface area contributed by atoms with E-state index in [2.05, 4.69) is 0 Å². The SMILES string of the molecule is CCCCOC(=O)C(C)CC=O. The third kappa shape index (κ3) is 4.88. The Labute approximate surface area is 73.1 Å². The van der Waals surface area contributed by atoms with Crippen LogP contribution in [0.25, 0.3) is 0 Å². The van der Waals surface area contributed by atoms with E-state index < -0.39 is 0 Å². The number of hydrogen-bond donors (Lipinski definition) is 0. The highest BCUT2D eigenvalue weighted by molar-refractivity contribution is 5.74. The second kappa shape index (κ2) is 6.83. The van der Waals surface area contributed by atoms with Crippen LogP contribution >= 0.6 is 0 Å². The van der Waals surface area contributed by atoms with E-state index in [1.54, 1.807) is 6.92 Å². The Balaban J connectivity index is 3.49. The molecular weight excluding hydrogens is 156 g/mol. The average molecular weight is 172 g/mol. The van der Waals surface area contributed by atoms with Crippen LogP contribution in [0.1, 0.15) is 33.1 Å². The molecule has 0 aliphatic heterocycles. The van der Waals surface area contributed by atoms with Gasteiger partial charge in [0.25, 0.3) is 0 Å². The van der Waals surface area contributed by atoms with Crippen molar-refractivity contribution in [2.24, 2.45) is 5.92 Å². The summed E-state index contributed by atoms with van der Waals surface area (Å²) in [6.45, 7) is 4.20. The molecule has 0 spiro atoms. The summed E-state index contributed by atoms with van der Waals surface area (Å²) in [7, 11) is 0. The third-order valence-electron chi connectivity index (χ3n) is 1.59. The van der Waals surface area contributed by atoms with E-state index >= 15 is 0 Å². The second-order valence-corrected chi connectivity index (χ2v) is 2.82. The number of carbonyl (C=O) groups is 2. The molecule has 0 heterocycles. The lowest BCUT2D eigenvalue weighted by Crippen LogP contribution is -2.15. The van der Waals surface area contributed by atoms with Crippen molar-refractivity contribution >= 4 is 12.3 Å². The van der Waals surface area contributed by atoms with E-state index in [4.69, 9.17) is 4.74 Å². The Morgan fingerprint density at radius 1 is 1.58 bits per heavy atom. The zero-order valence-corrected chi connectivity index (χ0v) is 7.71. The molecule has 0 bridgehead atoms. The minimum Gasteiger partial charge on any atom is -0.465 e. The highest BCUT2D eigenvalue weighted by Crippen LogP contribution is 2.02. The molecule has 3 heteroatoms. The highest BCUT2D eigenvalue weighted by Gasteiger charge is 2.12. The van der Waals surface area contributed by atoms with Crippen molar-refractivity contribution in [2.75, 3.05) is 6.61 Å². The zero-order chi connectivity index (χ0) is 9.40. The number of ether oxygens (including phenoxy) is 1. The zero-order valence-electron chi connectivity index (χ0n) is 7.71. The Morgan fingerprint density at radius 3 is 2.75 bits per heavy atom. The molecule has 0 aromatic rings. The number of hydrogen-bond acceptors (Lipinski definition) is 3. The molecule has 0 aromatic carbocycles. The topological polar surface area (TPSA) is 43.4 Å². The van der Waals surface area contributed by atoms with Gasteiger partial charge in [0, 0.05) is 6.42 Å². The minimum absolute atomic E-state index is 0.255. The van der Waals surface area contributed by atoms with E-state index in [1.807, 2.05) is 6.92 Å². The van der Waals surface area contributed by atoms with Crippen LogP contribution in [0.2, 0.25) is 0 Å². The first-order valence-corrected chi connectivity index (χ1v) is 4.32. The van der Waals surface area contributed by atoms with Crippen LogP contribution in [0.15, 0.2) is 0 Å². The van der Waals surface area contributed by atoms with Crippen molar-refractivity contribution in [2.45, 2.75) is 33.1 Å². The maximum absolute atomic E-state index is 11.0. The number of carbonyl (C=O) groups excluding carboxylic acids is 2. The first-order chi connectivity index (χ1) is 5.72. The van der Waals surface area contributed by atoms with Gasteiger partial charge in [-0.25, -0.2) is 0 Å². The molecule has 12 heavy (non-hydrogen) atoms. The van der Waals surface area contributed by atoms with E-state index in [-0.39, 0.29) is 18.3 Å². The number of unbranched alkanes of at least 4 members (excludes halogenated alkanes) is 1. The molecule has 0 N–H and O–H groups in total. The molecule has 0 radical (unpaired) electrons. The monoisotopic (exact) mass is 172 g/mol. The van der Waals surface area contributed by atoms with Crippen molar-refractivity contribution in [3.63, 3.8) is 0 Å². The number of aldehydes is 1. The van der Waals surface area contributed by atoms with Gasteiger partial charge in [0.2, 0.25) is 0 Å². The van der Waals surface area contributed by atoms with Gasteiger partial charge >= 0.3 is 5.97 Å². The van der Waals surface area contributed by atoms with Gasteiger partial charge in [-0.05, 0) is 6.42 Å². The molecule has 0 rings (SSSR count). The first kappa shape index (κ1) is 11.1. The molecule has 1 unspecified atom stereocenters. The molecule has 1 atom stereocenters. The molecule has 0 aromatic heterocycles. The second-order valence-electron chi connectivity index (χ2n) is 2.82. The molecule has 0 amide bonds. The summed E-state index contributed by atoms with van der Waals surface area (Å²) in [5, 5.41) is 0. The lowest BCUT2D eigenvalue weighted by molar-refractivity contribution is -0.148. The van der Waals surface area contributed by atoms with Crippen LogP contribution in [0.5, 0.6) is 0 Å². The van der Waals surface area contributed by atoms with E-state index in [0.717, 1.165) is 19.1 Å². The van der Waals surface area contributed by atoms with Crippen LogP contribution in [0.4, 0.5) is 0 Å². The molecule has 0 aliphatic carbocycles. The van der Waals surface area contributed by atoms with E-state index in [0.29, 0.717) is 6.61 Å². The van der Waals surface area contributed by atoms with Crippen molar-refractivity contribution in [1.29, 1.82) is 0 Å². The molecule has 0 saturated heterocycles. The highest BCUT2D eigenvalue weighted by atomic mass is 16.5. The average Bonchev–Trinajstić information content (AvgIpc) is 2.05. The summed E-state index contributed by atoms with van der Waals surface area (Å²) < 4.78 is 4.90. The number of esters is 1. The Hall–Kier alpha value is -0.860. The van der Waals surface area contributed by atoms with Gasteiger partial charge in [-0.1, -0.05) is 20.3 Å². The molecule has 70 valence electrons. The van der Waals surface area contributed by atoms with Gasteiger partial charge < -0.3 is 9.53 Å². The lowest BCUT2D eigenvalue weighted by atomic mass is 10.1. The maximum Gasteiger partial charge on any atom is 0.309 e. The van der Waals surface area contributed by atoms with Crippen molar-refractivity contribution < 1.29 is 14.3 Å². The molecule has 0 saturated carbocycles. The Morgan fingerprint density at radius 2 is 2.25 bits per heavy atom. The minimum atomic E-state index is -0.292. The van der Waals surface area contributed by atoms with Crippen LogP contribution < -0.4 is 0 Å². The predicted molar refractivity (Wildman–Crippen MR) is 45.7 cm³/mol. The summed E-state index contributed by atoms with van der Waals surface area (Å²) in [5.74, 6) is -0.560. The lowest BCUT2D eigenvalue weighted by Gasteiger charge is -2.07. The van der Waals surface area contributed by atoms with Gasteiger partial charge in [0.05, 0.1) is 12.5 Å². The van der Waals surface area contributed by atoms with Crippen LogP contribution in [-0.4, -0.2) is 18.9 Å². The fourth-order valence-electron chi connectivity index (χ4n) is 0.700. The van der Waals surface area contributed by atoms with Gasteiger partial charge in [-0.15, -0.1) is 0 Å². The summed E-state index contributed by atoms with van der Waals surface area (Å²) in [6, 6.07) is 0. The van der Waals surface area contributed by atoms with Crippen molar-refractivity contribution in [1.82, 2.24) is 0 Å². The summed E-state index contributed by atoms with van der Waals surface area (Å²) in [6.07, 6.45) is 2.89. The normalized spacial score (nSPS) is 12.2. The summed E-state index contributed by atoms with van der Waals surface area (Å²) in [4.78, 5) is 21.1. The third-order valence-corrected chi connectivity index (χ3v) is 1.59. The Bertz CT molecular complexity index is 143. The van der Waals surface area contributed by atoms with E-state index in [9.17, 15) is 9.59 Å². The van der Waals surface area contributed by atoms with Crippen molar-refractivity contribution in [3.05, 3.63) is 0 Å². The van der Waals surface area contributed by atoms with Crippen LogP contribution in [0.3, 0.4) is 0 Å². The fraction of sp³-hybridized carbons (Fsp3) is 0.778. The van der Waals surface area contributed by atoms with Gasteiger partial charge in [0.15, 0.2) is 0 Å². The van der Waals surface area contributed by atoms with Crippen LogP contribution in [-0.2, 0) is 14.3 Å². The first-order valence-electron chi connectivity index (χ1n) is 4.32. The largest absolute Gasteiger partial charge is 0.465 e. The number of rotatable bonds is 6. The van der Waals surface area contributed by atoms with Gasteiger partial charge in [0.1, 0.15) is 6.29 Å². The molecule has 0 fully saturated rings. The van der Waals surface area contributed by atoms with Crippen LogP contribution in [0, 0.1) is 5.92 Å². The molecule has 0 aliphatic rings. The van der Waals surface area contributed by atoms with Crippen molar-refractivity contribution in [3.8, 4) is 0 Å². The van der Waals surface area contributed by atoms with E-state index in [1.165, 1.54) is 0 Å². The predicted octanol–water partition coefficient (Wildman–Crippen LogP) is 1.55. The van der Waals surface area contributed by atoms with Gasteiger partial charge in [-0.3, -0.25) is 4.79 Å². The maximum atomic E-state index is 11.0. The smallest absolute Gasteiger partial charge is 0.309 e. The summed E-state index contributed by atoms with van der Waals surface area (Å²) >= 11 is 0. The summed E-state index contributed by atoms with van der Waals surface area (Å²) in [5.41, 5.74) is 0. The molecule has 3 nitrogen and oxygen atoms in total. The Kier molecular flexibility index (Phi) is 6.34. The van der Waals surface area contributed by atoms with Gasteiger partial charge in [-0.2, -0.15) is 0 Å². The molecular formula is C9H16O3. The fourth-order valence-corrected chi connectivity index (χ4v) is 0.700. The standard InChI is InChI=1S/C9H16O3/c1-3-4-7-12-9(11)8(2)5-6-10/h6,8H,3-5,7H2,1-2H3.